The Morgan fingerprint density at radius 2 is 2.50 bits per heavy atom. The normalized spacial score (nSPS) is 29.7. The van der Waals surface area contributed by atoms with E-state index in [2.05, 4.69) is 11.6 Å². The molecule has 2 aliphatic rings. The maximum atomic E-state index is 5.83. The summed E-state index contributed by atoms with van der Waals surface area (Å²) in [5, 5.41) is 0. The second-order valence-corrected chi connectivity index (χ2v) is 3.92. The Hall–Kier alpha value is -1.33. The smallest absolute Gasteiger partial charge is 0.135 e. The zero-order valence-electron chi connectivity index (χ0n) is 9.43. The lowest BCUT2D eigenvalue weighted by Crippen LogP contribution is -2.33. The van der Waals surface area contributed by atoms with Gasteiger partial charge in [0.15, 0.2) is 0 Å². The summed E-state index contributed by atoms with van der Waals surface area (Å²) in [7, 11) is 1.68. The van der Waals surface area contributed by atoms with Gasteiger partial charge >= 0.3 is 0 Å². The van der Waals surface area contributed by atoms with Crippen LogP contribution in [0.1, 0.15) is 12.8 Å². The average molecular weight is 223 g/mol. The van der Waals surface area contributed by atoms with Crippen LogP contribution < -0.4 is 5.73 Å². The van der Waals surface area contributed by atoms with Crippen molar-refractivity contribution < 1.29 is 9.47 Å². The lowest BCUT2D eigenvalue weighted by Gasteiger charge is -2.28. The van der Waals surface area contributed by atoms with Crippen molar-refractivity contribution in [2.24, 2.45) is 10.7 Å². The predicted octanol–water partition coefficient (Wildman–Crippen LogP) is 0.796. The summed E-state index contributed by atoms with van der Waals surface area (Å²) in [5.74, 6) is 1.11. The van der Waals surface area contributed by atoms with Gasteiger partial charge in [-0.3, -0.25) is 0 Å². The number of nitrogens with two attached hydrogens (primary N) is 1. The highest BCUT2D eigenvalue weighted by Gasteiger charge is 2.30. The predicted molar refractivity (Wildman–Crippen MR) is 61.5 cm³/mol. The highest BCUT2D eigenvalue weighted by Crippen LogP contribution is 2.26. The van der Waals surface area contributed by atoms with Crippen molar-refractivity contribution in [2.45, 2.75) is 25.2 Å². The molecule has 88 valence electrons. The van der Waals surface area contributed by atoms with E-state index in [0.717, 1.165) is 12.8 Å². The lowest BCUT2D eigenvalue weighted by atomic mass is 10.2. The van der Waals surface area contributed by atoms with Gasteiger partial charge in [0.25, 0.3) is 0 Å². The third-order valence-electron chi connectivity index (χ3n) is 2.71. The second-order valence-electron chi connectivity index (χ2n) is 3.92. The zero-order valence-corrected chi connectivity index (χ0v) is 9.43. The standard InChI is InChI=1S/C11H17N3O2/c1-8-13-10(12)5-6-14(8)11-4-3-9(16-11)7-15-2/h5-6,9,11H,1,3-4,7H2,2H3,(H2,12,13)/t9-,11+/m0/s1. The molecule has 0 amide bonds. The average Bonchev–Trinajstić information content (AvgIpc) is 2.67. The van der Waals surface area contributed by atoms with Crippen LogP contribution in [-0.4, -0.2) is 36.8 Å². The van der Waals surface area contributed by atoms with Gasteiger partial charge in [-0.25, -0.2) is 4.99 Å². The molecule has 2 rings (SSSR count). The number of aliphatic imine (C=N–C) groups is 1. The van der Waals surface area contributed by atoms with Crippen LogP contribution in [0.2, 0.25) is 0 Å². The summed E-state index contributed by atoms with van der Waals surface area (Å²) in [6, 6.07) is 0. The molecule has 2 aliphatic heterocycles. The molecule has 0 saturated carbocycles. The largest absolute Gasteiger partial charge is 0.384 e. The first-order valence-corrected chi connectivity index (χ1v) is 5.34. The van der Waals surface area contributed by atoms with E-state index in [9.17, 15) is 0 Å². The maximum absolute atomic E-state index is 5.83. The maximum Gasteiger partial charge on any atom is 0.135 e. The minimum atomic E-state index is 0.000694. The fourth-order valence-electron chi connectivity index (χ4n) is 1.95. The zero-order chi connectivity index (χ0) is 11.5. The molecule has 0 radical (unpaired) electrons. The highest BCUT2D eigenvalue weighted by molar-refractivity contribution is 5.92. The van der Waals surface area contributed by atoms with Gasteiger partial charge in [-0.2, -0.15) is 0 Å². The Morgan fingerprint density at radius 1 is 1.69 bits per heavy atom. The van der Waals surface area contributed by atoms with E-state index in [-0.39, 0.29) is 12.3 Å². The molecule has 5 nitrogen and oxygen atoms in total. The number of hydrogen-bond acceptors (Lipinski definition) is 5. The minimum Gasteiger partial charge on any atom is -0.384 e. The number of amidine groups is 1. The second kappa shape index (κ2) is 4.67. The van der Waals surface area contributed by atoms with Crippen LogP contribution >= 0.6 is 0 Å². The summed E-state index contributed by atoms with van der Waals surface area (Å²) in [4.78, 5) is 6.02. The quantitative estimate of drug-likeness (QED) is 0.768. The van der Waals surface area contributed by atoms with E-state index in [4.69, 9.17) is 15.2 Å². The van der Waals surface area contributed by atoms with Crippen LogP contribution in [0.3, 0.4) is 0 Å². The topological polar surface area (TPSA) is 60.1 Å². The summed E-state index contributed by atoms with van der Waals surface area (Å²) < 4.78 is 10.9. The third kappa shape index (κ3) is 2.25. The van der Waals surface area contributed by atoms with Crippen LogP contribution in [0.5, 0.6) is 0 Å². The molecule has 0 aromatic rings. The fourth-order valence-corrected chi connectivity index (χ4v) is 1.95. The minimum absolute atomic E-state index is 0.000694. The molecule has 1 saturated heterocycles. The molecular weight excluding hydrogens is 206 g/mol. The molecule has 0 aromatic heterocycles. The Kier molecular flexibility index (Phi) is 3.26. The summed E-state index contributed by atoms with van der Waals surface area (Å²) in [5.41, 5.74) is 5.58. The highest BCUT2D eigenvalue weighted by atomic mass is 16.5. The van der Waals surface area contributed by atoms with Gasteiger partial charge in [0.1, 0.15) is 17.9 Å². The summed E-state index contributed by atoms with van der Waals surface area (Å²) in [6.45, 7) is 4.49. The van der Waals surface area contributed by atoms with Crippen molar-refractivity contribution in [3.63, 3.8) is 0 Å². The lowest BCUT2D eigenvalue weighted by molar-refractivity contribution is -0.0468. The number of rotatable bonds is 3. The molecule has 5 heteroatoms. The molecule has 2 atom stereocenters. The first kappa shape index (κ1) is 11.2. The van der Waals surface area contributed by atoms with Gasteiger partial charge in [-0.15, -0.1) is 0 Å². The molecule has 0 aliphatic carbocycles. The number of ether oxygens (including phenoxy) is 2. The molecular formula is C11H17N3O2. The molecule has 0 bridgehead atoms. The van der Waals surface area contributed by atoms with Gasteiger partial charge in [0.05, 0.1) is 12.7 Å². The molecule has 0 unspecified atom stereocenters. The van der Waals surface area contributed by atoms with Crippen molar-refractivity contribution in [2.75, 3.05) is 13.7 Å². The van der Waals surface area contributed by atoms with E-state index in [0.29, 0.717) is 18.3 Å². The fraction of sp³-hybridized carbons (Fsp3) is 0.545. The van der Waals surface area contributed by atoms with E-state index in [1.54, 1.807) is 13.2 Å². The van der Waals surface area contributed by atoms with Crippen LogP contribution in [-0.2, 0) is 9.47 Å². The summed E-state index contributed by atoms with van der Waals surface area (Å²) >= 11 is 0. The number of methoxy groups -OCH3 is 1. The molecule has 2 N–H and O–H groups in total. The van der Waals surface area contributed by atoms with Crippen molar-refractivity contribution in [1.29, 1.82) is 0 Å². The van der Waals surface area contributed by atoms with E-state index >= 15 is 0 Å². The Morgan fingerprint density at radius 3 is 3.19 bits per heavy atom. The van der Waals surface area contributed by atoms with Gasteiger partial charge < -0.3 is 20.1 Å². The third-order valence-corrected chi connectivity index (χ3v) is 2.71. The number of hydrogen-bond donors (Lipinski definition) is 1. The SMILES string of the molecule is C=C1N=C(N)C=CN1[C@H]1CC[C@@H](COC)O1. The van der Waals surface area contributed by atoms with E-state index in [1.807, 2.05) is 11.1 Å². The molecule has 1 fully saturated rings. The van der Waals surface area contributed by atoms with Gasteiger partial charge in [0, 0.05) is 13.3 Å². The first-order valence-electron chi connectivity index (χ1n) is 5.34. The summed E-state index contributed by atoms with van der Waals surface area (Å²) in [6.07, 6.45) is 5.73. The van der Waals surface area contributed by atoms with E-state index in [1.165, 1.54) is 0 Å². The van der Waals surface area contributed by atoms with Crippen molar-refractivity contribution >= 4 is 5.84 Å². The number of nitrogens with zero attached hydrogens (tertiary/aromatic N) is 2. The van der Waals surface area contributed by atoms with Gasteiger partial charge in [0.2, 0.25) is 0 Å². The Bertz CT molecular complexity index is 338. The monoisotopic (exact) mass is 223 g/mol. The molecule has 0 aromatic carbocycles. The Labute approximate surface area is 95.2 Å². The van der Waals surface area contributed by atoms with Gasteiger partial charge in [-0.05, 0) is 18.9 Å². The van der Waals surface area contributed by atoms with Crippen molar-refractivity contribution in [3.8, 4) is 0 Å². The van der Waals surface area contributed by atoms with Crippen LogP contribution in [0.25, 0.3) is 0 Å². The van der Waals surface area contributed by atoms with Crippen LogP contribution in [0.15, 0.2) is 29.7 Å². The van der Waals surface area contributed by atoms with E-state index < -0.39 is 0 Å². The molecule has 16 heavy (non-hydrogen) atoms. The molecule has 0 spiro atoms. The first-order chi connectivity index (χ1) is 7.70. The van der Waals surface area contributed by atoms with Crippen LogP contribution in [0.4, 0.5) is 0 Å². The van der Waals surface area contributed by atoms with Crippen molar-refractivity contribution in [1.82, 2.24) is 4.90 Å². The molecule has 2 heterocycles. The van der Waals surface area contributed by atoms with Crippen LogP contribution in [0, 0.1) is 0 Å². The van der Waals surface area contributed by atoms with Gasteiger partial charge in [-0.1, -0.05) is 6.58 Å². The Balaban J connectivity index is 1.95. The van der Waals surface area contributed by atoms with Crippen molar-refractivity contribution in [3.05, 3.63) is 24.7 Å².